The molecule has 0 unspecified atom stereocenters. The molecule has 0 aliphatic carbocycles. The molecule has 0 bridgehead atoms. The van der Waals surface area contributed by atoms with E-state index in [9.17, 15) is 0 Å². The van der Waals surface area contributed by atoms with Crippen LogP contribution in [0.25, 0.3) is 0 Å². The maximum absolute atomic E-state index is 8.29. The second kappa shape index (κ2) is 1.58. The van der Waals surface area contributed by atoms with Gasteiger partial charge in [0.2, 0.25) is 0 Å². The predicted molar refractivity (Wildman–Crippen MR) is 23.0 cm³/mol. The highest BCUT2D eigenvalue weighted by Gasteiger charge is 2.10. The van der Waals surface area contributed by atoms with Crippen LogP contribution >= 0.6 is 0 Å². The van der Waals surface area contributed by atoms with Crippen molar-refractivity contribution < 1.29 is 5.11 Å². The summed E-state index contributed by atoms with van der Waals surface area (Å²) in [6.07, 6.45) is 2.12. The Morgan fingerprint density at radius 3 is 2.33 bits per heavy atom. The molecule has 1 aliphatic rings. The summed E-state index contributed by atoms with van der Waals surface area (Å²) in [5.74, 6) is 0. The molecule has 0 atom stereocenters. The molecule has 35 valence electrons. The Hall–Kier alpha value is -0.0800. The molecule has 6 heavy (non-hydrogen) atoms. The minimum atomic E-state index is 0.219. The summed E-state index contributed by atoms with van der Waals surface area (Å²) in [6.45, 7) is 2.16. The maximum atomic E-state index is 8.29. The van der Waals surface area contributed by atoms with Gasteiger partial charge in [-0.2, -0.15) is 0 Å². The van der Waals surface area contributed by atoms with Crippen LogP contribution in [0.3, 0.4) is 0 Å². The molecule has 0 amide bonds. The van der Waals surface area contributed by atoms with Gasteiger partial charge in [-0.25, -0.2) is 0 Å². The first kappa shape index (κ1) is 4.09. The summed E-state index contributed by atoms with van der Waals surface area (Å²) in [4.78, 5) is 1.93. The number of aliphatic hydroxyl groups is 1. The molecule has 1 aliphatic heterocycles. The second-order valence-corrected chi connectivity index (χ2v) is 1.47. The van der Waals surface area contributed by atoms with Crippen LogP contribution in [0.5, 0.6) is 0 Å². The highest BCUT2D eigenvalue weighted by atomic mass is 16.3. The van der Waals surface area contributed by atoms with Crippen molar-refractivity contribution in [3.63, 3.8) is 0 Å². The van der Waals surface area contributed by atoms with Gasteiger partial charge < -0.3 is 5.11 Å². The molecule has 1 saturated heterocycles. The number of hydrogen-bond acceptors (Lipinski definition) is 2. The number of rotatable bonds is 1. The van der Waals surface area contributed by atoms with Gasteiger partial charge in [-0.1, -0.05) is 0 Å². The first-order valence-corrected chi connectivity index (χ1v) is 2.08. The van der Waals surface area contributed by atoms with E-state index in [1.54, 1.807) is 0 Å². The van der Waals surface area contributed by atoms with Gasteiger partial charge in [-0.05, 0) is 6.42 Å². The van der Waals surface area contributed by atoms with Crippen LogP contribution in [0.2, 0.25) is 0 Å². The summed E-state index contributed by atoms with van der Waals surface area (Å²) in [6, 6.07) is 0. The van der Waals surface area contributed by atoms with Gasteiger partial charge in [-0.3, -0.25) is 4.90 Å². The van der Waals surface area contributed by atoms with E-state index in [0.29, 0.717) is 0 Å². The smallest absolute Gasteiger partial charge is 0.0956 e. The summed E-state index contributed by atoms with van der Waals surface area (Å²) in [5.41, 5.74) is 0. The molecule has 1 N–H and O–H groups in total. The molecular weight excluding hydrogens is 78.0 g/mol. The normalized spacial score (nSPS) is 23.5. The maximum Gasteiger partial charge on any atom is 0.0956 e. The molecule has 1 heterocycles. The van der Waals surface area contributed by atoms with Crippen LogP contribution < -0.4 is 0 Å². The molecular formula is C4H8NO. The zero-order chi connectivity index (χ0) is 4.41. The lowest BCUT2D eigenvalue weighted by Crippen LogP contribution is -2.38. The number of likely N-dealkylation sites (tertiary alicyclic amines) is 1. The van der Waals surface area contributed by atoms with E-state index in [2.05, 4.69) is 6.42 Å². The molecule has 0 saturated carbocycles. The van der Waals surface area contributed by atoms with Crippen LogP contribution in [0, 0.1) is 6.42 Å². The van der Waals surface area contributed by atoms with Crippen molar-refractivity contribution in [2.24, 2.45) is 0 Å². The van der Waals surface area contributed by atoms with Crippen molar-refractivity contribution in [3.8, 4) is 0 Å². The van der Waals surface area contributed by atoms with Crippen LogP contribution in [0.15, 0.2) is 0 Å². The first-order chi connectivity index (χ1) is 2.93. The van der Waals surface area contributed by atoms with Crippen molar-refractivity contribution in [1.82, 2.24) is 4.90 Å². The van der Waals surface area contributed by atoms with Gasteiger partial charge in [0, 0.05) is 13.1 Å². The Labute approximate surface area is 37.4 Å². The van der Waals surface area contributed by atoms with Crippen molar-refractivity contribution >= 4 is 0 Å². The third kappa shape index (κ3) is 0.533. The zero-order valence-corrected chi connectivity index (χ0v) is 3.59. The number of aliphatic hydroxyl groups excluding tert-OH is 1. The van der Waals surface area contributed by atoms with Gasteiger partial charge in [-0.15, -0.1) is 0 Å². The summed E-state index contributed by atoms with van der Waals surface area (Å²) < 4.78 is 0. The standard InChI is InChI=1S/C4H8NO/c6-4-5-2-1-3-5/h1,6H,2-4H2. The lowest BCUT2D eigenvalue weighted by atomic mass is 10.2. The van der Waals surface area contributed by atoms with Gasteiger partial charge in [0.25, 0.3) is 0 Å². The molecule has 2 nitrogen and oxygen atoms in total. The first-order valence-electron chi connectivity index (χ1n) is 2.08. The summed E-state index contributed by atoms with van der Waals surface area (Å²) >= 11 is 0. The average molecular weight is 86.1 g/mol. The van der Waals surface area contributed by atoms with Gasteiger partial charge >= 0.3 is 0 Å². The molecule has 0 aromatic carbocycles. The van der Waals surface area contributed by atoms with E-state index in [-0.39, 0.29) is 6.73 Å². The van der Waals surface area contributed by atoms with E-state index in [1.807, 2.05) is 4.90 Å². The average Bonchev–Trinajstić information content (AvgIpc) is 1.31. The Balaban J connectivity index is 2.01. The third-order valence-corrected chi connectivity index (χ3v) is 0.975. The SMILES string of the molecule is OCN1C[CH]C1. The van der Waals surface area contributed by atoms with Crippen LogP contribution in [0.4, 0.5) is 0 Å². The molecule has 0 spiro atoms. The van der Waals surface area contributed by atoms with Crippen LogP contribution in [0.1, 0.15) is 0 Å². The zero-order valence-electron chi connectivity index (χ0n) is 3.59. The Bertz CT molecular complexity index is 40.1. The predicted octanol–water partition coefficient (Wildman–Crippen LogP) is -0.544. The van der Waals surface area contributed by atoms with Gasteiger partial charge in [0.15, 0.2) is 0 Å². The largest absolute Gasteiger partial charge is 0.381 e. The van der Waals surface area contributed by atoms with Crippen molar-refractivity contribution in [2.45, 2.75) is 0 Å². The van der Waals surface area contributed by atoms with Gasteiger partial charge in [0.05, 0.1) is 6.73 Å². The van der Waals surface area contributed by atoms with Crippen molar-refractivity contribution in [1.29, 1.82) is 0 Å². The van der Waals surface area contributed by atoms with Crippen LogP contribution in [-0.2, 0) is 0 Å². The van der Waals surface area contributed by atoms with E-state index in [4.69, 9.17) is 5.11 Å². The van der Waals surface area contributed by atoms with Gasteiger partial charge in [0.1, 0.15) is 0 Å². The van der Waals surface area contributed by atoms with Crippen molar-refractivity contribution in [2.75, 3.05) is 19.8 Å². The monoisotopic (exact) mass is 86.1 g/mol. The third-order valence-electron chi connectivity index (χ3n) is 0.975. The second-order valence-electron chi connectivity index (χ2n) is 1.47. The minimum absolute atomic E-state index is 0.219. The highest BCUT2D eigenvalue weighted by Crippen LogP contribution is 1.99. The van der Waals surface area contributed by atoms with Crippen molar-refractivity contribution in [3.05, 3.63) is 6.42 Å². The fourth-order valence-corrected chi connectivity index (χ4v) is 0.427. The van der Waals surface area contributed by atoms with Crippen LogP contribution in [-0.4, -0.2) is 29.8 Å². The number of hydrogen-bond donors (Lipinski definition) is 1. The fourth-order valence-electron chi connectivity index (χ4n) is 0.427. The molecule has 1 rings (SSSR count). The molecule has 0 aromatic heterocycles. The highest BCUT2D eigenvalue weighted by molar-refractivity contribution is 4.83. The van der Waals surface area contributed by atoms with E-state index >= 15 is 0 Å². The Kier molecular flexibility index (Phi) is 1.08. The molecule has 1 fully saturated rings. The minimum Gasteiger partial charge on any atom is -0.381 e. The Morgan fingerprint density at radius 1 is 1.67 bits per heavy atom. The summed E-state index contributed by atoms with van der Waals surface area (Å²) in [7, 11) is 0. The lowest BCUT2D eigenvalue weighted by molar-refractivity contribution is 0.0890. The summed E-state index contributed by atoms with van der Waals surface area (Å²) in [5, 5.41) is 8.29. The van der Waals surface area contributed by atoms with E-state index in [1.165, 1.54) is 0 Å². The molecule has 2 heteroatoms. The fraction of sp³-hybridized carbons (Fsp3) is 0.750. The Morgan fingerprint density at radius 2 is 2.33 bits per heavy atom. The lowest BCUT2D eigenvalue weighted by Gasteiger charge is -2.27. The quantitative estimate of drug-likeness (QED) is 0.463. The topological polar surface area (TPSA) is 23.5 Å². The molecule has 0 aromatic rings. The molecule has 1 radical (unpaired) electrons. The van der Waals surface area contributed by atoms with E-state index < -0.39 is 0 Å². The number of nitrogens with zero attached hydrogens (tertiary/aromatic N) is 1. The van der Waals surface area contributed by atoms with E-state index in [0.717, 1.165) is 13.1 Å².